The van der Waals surface area contributed by atoms with E-state index in [0.717, 1.165) is 22.2 Å². The van der Waals surface area contributed by atoms with Gasteiger partial charge in [0.15, 0.2) is 6.61 Å². The van der Waals surface area contributed by atoms with Gasteiger partial charge in [-0.3, -0.25) is 4.79 Å². The van der Waals surface area contributed by atoms with Gasteiger partial charge in [-0.05, 0) is 36.8 Å². The van der Waals surface area contributed by atoms with Crippen LogP contribution in [0.3, 0.4) is 0 Å². The molecule has 0 saturated carbocycles. The third-order valence-electron chi connectivity index (χ3n) is 4.53. The Morgan fingerprint density at radius 2 is 1.81 bits per heavy atom. The van der Waals surface area contributed by atoms with Gasteiger partial charge in [0.05, 0.1) is 5.56 Å². The molecule has 0 aliphatic carbocycles. The molecule has 132 valence electrons. The number of ketones is 1. The van der Waals surface area contributed by atoms with Gasteiger partial charge in [-0.1, -0.05) is 42.5 Å². The average molecular weight is 347 g/mol. The monoisotopic (exact) mass is 347 g/mol. The Morgan fingerprint density at radius 1 is 1.08 bits per heavy atom. The predicted molar refractivity (Wildman–Crippen MR) is 103 cm³/mol. The molecule has 0 aliphatic heterocycles. The van der Waals surface area contributed by atoms with Crippen molar-refractivity contribution in [2.24, 2.45) is 0 Å². The van der Waals surface area contributed by atoms with Gasteiger partial charge in [-0.15, -0.1) is 6.58 Å². The molecular weight excluding hydrogens is 326 g/mol. The number of hydrogen-bond acceptors (Lipinski definition) is 3. The minimum absolute atomic E-state index is 0.206. The normalized spacial score (nSPS) is 10.7. The SMILES string of the molecule is C=CCn1c(C)cc(C(=O)COC(=O)c2cccc3ccccc23)c1C. The van der Waals surface area contributed by atoms with E-state index in [1.807, 2.05) is 60.9 Å². The van der Waals surface area contributed by atoms with Crippen LogP contribution in [0.1, 0.15) is 32.1 Å². The van der Waals surface area contributed by atoms with Crippen molar-refractivity contribution in [2.45, 2.75) is 20.4 Å². The van der Waals surface area contributed by atoms with E-state index in [0.29, 0.717) is 17.7 Å². The number of nitrogens with zero attached hydrogens (tertiary/aromatic N) is 1. The molecule has 0 bridgehead atoms. The number of hydrogen-bond donors (Lipinski definition) is 0. The lowest BCUT2D eigenvalue weighted by Gasteiger charge is -2.08. The molecule has 1 aromatic heterocycles. The molecule has 0 aliphatic rings. The maximum Gasteiger partial charge on any atom is 0.339 e. The van der Waals surface area contributed by atoms with Crippen LogP contribution in [0.5, 0.6) is 0 Å². The number of aryl methyl sites for hydroxylation is 1. The molecule has 4 heteroatoms. The number of aromatic nitrogens is 1. The first kappa shape index (κ1) is 17.7. The molecule has 1 heterocycles. The van der Waals surface area contributed by atoms with Crippen LogP contribution < -0.4 is 0 Å². The van der Waals surface area contributed by atoms with Crippen molar-refractivity contribution in [3.05, 3.63) is 83.7 Å². The zero-order chi connectivity index (χ0) is 18.7. The highest BCUT2D eigenvalue weighted by Gasteiger charge is 2.18. The second kappa shape index (κ2) is 7.40. The number of allylic oxidation sites excluding steroid dienone is 1. The van der Waals surface area contributed by atoms with Gasteiger partial charge in [0.25, 0.3) is 0 Å². The van der Waals surface area contributed by atoms with Gasteiger partial charge < -0.3 is 9.30 Å². The van der Waals surface area contributed by atoms with Crippen molar-refractivity contribution in [3.63, 3.8) is 0 Å². The Morgan fingerprint density at radius 3 is 2.58 bits per heavy atom. The smallest absolute Gasteiger partial charge is 0.339 e. The Hall–Kier alpha value is -3.14. The molecule has 0 saturated heterocycles. The quantitative estimate of drug-likeness (QED) is 0.375. The van der Waals surface area contributed by atoms with Crippen LogP contribution in [0, 0.1) is 13.8 Å². The molecule has 4 nitrogen and oxygen atoms in total. The number of rotatable bonds is 6. The van der Waals surface area contributed by atoms with Crippen LogP contribution in [0.2, 0.25) is 0 Å². The summed E-state index contributed by atoms with van der Waals surface area (Å²) in [7, 11) is 0. The van der Waals surface area contributed by atoms with Crippen molar-refractivity contribution >= 4 is 22.5 Å². The molecule has 2 aromatic carbocycles. The third kappa shape index (κ3) is 3.31. The lowest BCUT2D eigenvalue weighted by molar-refractivity contribution is 0.0476. The number of carbonyl (C=O) groups is 2. The molecule has 0 spiro atoms. The van der Waals surface area contributed by atoms with E-state index in [-0.39, 0.29) is 12.4 Å². The summed E-state index contributed by atoms with van der Waals surface area (Å²) in [6, 6.07) is 14.9. The summed E-state index contributed by atoms with van der Waals surface area (Å²) in [5, 5.41) is 1.78. The van der Waals surface area contributed by atoms with Crippen LogP contribution in [0.4, 0.5) is 0 Å². The molecule has 0 atom stereocenters. The topological polar surface area (TPSA) is 48.3 Å². The van der Waals surface area contributed by atoms with Crippen LogP contribution in [0.25, 0.3) is 10.8 Å². The number of esters is 1. The zero-order valence-corrected chi connectivity index (χ0v) is 15.0. The number of Topliss-reactive ketones (excluding diaryl/α,β-unsaturated/α-hetero) is 1. The summed E-state index contributed by atoms with van der Waals surface area (Å²) in [6.07, 6.45) is 1.79. The van der Waals surface area contributed by atoms with Crippen molar-refractivity contribution in [1.29, 1.82) is 0 Å². The molecule has 26 heavy (non-hydrogen) atoms. The van der Waals surface area contributed by atoms with E-state index in [4.69, 9.17) is 4.74 Å². The minimum Gasteiger partial charge on any atom is -0.454 e. The summed E-state index contributed by atoms with van der Waals surface area (Å²) in [4.78, 5) is 25.0. The van der Waals surface area contributed by atoms with Gasteiger partial charge >= 0.3 is 5.97 Å². The van der Waals surface area contributed by atoms with E-state index in [2.05, 4.69) is 6.58 Å². The highest BCUT2D eigenvalue weighted by Crippen LogP contribution is 2.20. The van der Waals surface area contributed by atoms with Crippen LogP contribution in [0.15, 0.2) is 61.2 Å². The van der Waals surface area contributed by atoms with E-state index >= 15 is 0 Å². The first-order valence-electron chi connectivity index (χ1n) is 8.48. The predicted octanol–water partition coefficient (Wildman–Crippen LogP) is 4.48. The van der Waals surface area contributed by atoms with Crippen molar-refractivity contribution < 1.29 is 14.3 Å². The fraction of sp³-hybridized carbons (Fsp3) is 0.182. The van der Waals surface area contributed by atoms with Gasteiger partial charge in [0.2, 0.25) is 5.78 Å². The summed E-state index contributed by atoms with van der Waals surface area (Å²) >= 11 is 0. The van der Waals surface area contributed by atoms with Gasteiger partial charge in [-0.2, -0.15) is 0 Å². The number of benzene rings is 2. The summed E-state index contributed by atoms with van der Waals surface area (Å²) in [6.45, 7) is 7.92. The highest BCUT2D eigenvalue weighted by molar-refractivity contribution is 6.06. The number of ether oxygens (including phenoxy) is 1. The van der Waals surface area contributed by atoms with E-state index in [9.17, 15) is 9.59 Å². The molecule has 0 unspecified atom stereocenters. The van der Waals surface area contributed by atoms with Gasteiger partial charge in [0, 0.05) is 23.5 Å². The van der Waals surface area contributed by atoms with Gasteiger partial charge in [0.1, 0.15) is 0 Å². The Balaban J connectivity index is 1.76. The second-order valence-electron chi connectivity index (χ2n) is 6.21. The van der Waals surface area contributed by atoms with E-state index < -0.39 is 5.97 Å². The zero-order valence-electron chi connectivity index (χ0n) is 15.0. The molecule has 0 N–H and O–H groups in total. The Bertz CT molecular complexity index is 993. The highest BCUT2D eigenvalue weighted by atomic mass is 16.5. The standard InChI is InChI=1S/C22H21NO3/c1-4-12-23-15(2)13-20(16(23)3)21(24)14-26-22(25)19-11-7-9-17-8-5-6-10-18(17)19/h4-11,13H,1,12,14H2,2-3H3. The summed E-state index contributed by atoms with van der Waals surface area (Å²) < 4.78 is 7.31. The summed E-state index contributed by atoms with van der Waals surface area (Å²) in [5.74, 6) is -0.697. The molecule has 0 radical (unpaired) electrons. The number of carbonyl (C=O) groups excluding carboxylic acids is 2. The fourth-order valence-corrected chi connectivity index (χ4v) is 3.18. The molecule has 0 fully saturated rings. The van der Waals surface area contributed by atoms with Crippen LogP contribution in [-0.4, -0.2) is 22.9 Å². The van der Waals surface area contributed by atoms with Gasteiger partial charge in [-0.25, -0.2) is 4.79 Å². The first-order chi connectivity index (χ1) is 12.5. The molecule has 3 rings (SSSR count). The number of fused-ring (bicyclic) bond motifs is 1. The lowest BCUT2D eigenvalue weighted by Crippen LogP contribution is -2.15. The van der Waals surface area contributed by atoms with Crippen molar-refractivity contribution in [3.8, 4) is 0 Å². The summed E-state index contributed by atoms with van der Waals surface area (Å²) in [5.41, 5.74) is 2.88. The maximum absolute atomic E-state index is 12.5. The van der Waals surface area contributed by atoms with Crippen molar-refractivity contribution in [1.82, 2.24) is 4.57 Å². The fourth-order valence-electron chi connectivity index (χ4n) is 3.18. The molecule has 3 aromatic rings. The van der Waals surface area contributed by atoms with E-state index in [1.54, 1.807) is 12.1 Å². The Labute approximate surface area is 152 Å². The minimum atomic E-state index is -0.491. The maximum atomic E-state index is 12.5. The first-order valence-corrected chi connectivity index (χ1v) is 8.48. The molecule has 0 amide bonds. The second-order valence-corrected chi connectivity index (χ2v) is 6.21. The molecular formula is C22H21NO3. The third-order valence-corrected chi connectivity index (χ3v) is 4.53. The van der Waals surface area contributed by atoms with Crippen molar-refractivity contribution in [2.75, 3.05) is 6.61 Å². The van der Waals surface area contributed by atoms with Crippen LogP contribution in [-0.2, 0) is 11.3 Å². The average Bonchev–Trinajstić information content (AvgIpc) is 2.94. The lowest BCUT2D eigenvalue weighted by atomic mass is 10.0. The van der Waals surface area contributed by atoms with E-state index in [1.165, 1.54) is 0 Å². The van der Waals surface area contributed by atoms with Crippen LogP contribution >= 0.6 is 0 Å². The largest absolute Gasteiger partial charge is 0.454 e. The Kier molecular flexibility index (Phi) is 5.03.